The lowest BCUT2D eigenvalue weighted by Gasteiger charge is -2.28. The maximum Gasteiger partial charge on any atom is 0.117 e. The molecule has 0 radical (unpaired) electrons. The molecule has 0 amide bonds. The third-order valence-corrected chi connectivity index (χ3v) is 3.57. The van der Waals surface area contributed by atoms with Crippen LogP contribution in [0.3, 0.4) is 0 Å². The highest BCUT2D eigenvalue weighted by Gasteiger charge is 2.19. The van der Waals surface area contributed by atoms with E-state index in [1.54, 1.807) is 13.4 Å². The number of fused-ring (bicyclic) bond motifs is 1. The fourth-order valence-electron chi connectivity index (χ4n) is 2.66. The van der Waals surface area contributed by atoms with Crippen molar-refractivity contribution in [2.45, 2.75) is 26.1 Å². The van der Waals surface area contributed by atoms with Crippen LogP contribution in [0.1, 0.15) is 22.5 Å². The molecule has 2 aromatic heterocycles. The van der Waals surface area contributed by atoms with E-state index in [4.69, 9.17) is 9.15 Å². The minimum Gasteiger partial charge on any atom is -0.468 e. The number of furan rings is 1. The minimum absolute atomic E-state index is 0.647. The van der Waals surface area contributed by atoms with Gasteiger partial charge in [0.1, 0.15) is 5.76 Å². The summed E-state index contributed by atoms with van der Waals surface area (Å²) >= 11 is 0. The molecule has 0 N–H and O–H groups in total. The molecule has 0 atom stereocenters. The second-order valence-electron chi connectivity index (χ2n) is 4.91. The molecule has 1 aliphatic heterocycles. The summed E-state index contributed by atoms with van der Waals surface area (Å²) in [6.07, 6.45) is 6.68. The molecule has 0 unspecified atom stereocenters. The Morgan fingerprint density at radius 2 is 2.37 bits per heavy atom. The first-order chi connectivity index (χ1) is 9.36. The van der Waals surface area contributed by atoms with Crippen LogP contribution >= 0.6 is 0 Å². The van der Waals surface area contributed by atoms with E-state index in [1.165, 1.54) is 16.7 Å². The molecule has 4 heteroatoms. The Morgan fingerprint density at radius 3 is 3.16 bits per heavy atom. The third-order valence-electron chi connectivity index (χ3n) is 3.57. The van der Waals surface area contributed by atoms with Crippen LogP contribution in [0.4, 0.5) is 0 Å². The van der Waals surface area contributed by atoms with Gasteiger partial charge in [0.05, 0.1) is 19.4 Å². The van der Waals surface area contributed by atoms with Crippen LogP contribution in [0.5, 0.6) is 0 Å². The molecule has 0 spiro atoms. The van der Waals surface area contributed by atoms with Gasteiger partial charge in [0.2, 0.25) is 0 Å². The van der Waals surface area contributed by atoms with E-state index in [1.807, 2.05) is 24.5 Å². The van der Waals surface area contributed by atoms with E-state index in [0.29, 0.717) is 6.61 Å². The predicted molar refractivity (Wildman–Crippen MR) is 71.5 cm³/mol. The SMILES string of the molecule is COCc1cncc2c1CCN(Cc1ccco1)C2. The molecule has 0 fully saturated rings. The molecule has 0 aliphatic carbocycles. The Kier molecular flexibility index (Phi) is 3.62. The Morgan fingerprint density at radius 1 is 1.42 bits per heavy atom. The van der Waals surface area contributed by atoms with Crippen molar-refractivity contribution in [1.82, 2.24) is 9.88 Å². The largest absolute Gasteiger partial charge is 0.468 e. The lowest BCUT2D eigenvalue weighted by atomic mass is 9.97. The predicted octanol–water partition coefficient (Wildman–Crippen LogP) is 2.38. The summed E-state index contributed by atoms with van der Waals surface area (Å²) in [7, 11) is 1.73. The van der Waals surface area contributed by atoms with Crippen molar-refractivity contribution in [3.63, 3.8) is 0 Å². The minimum atomic E-state index is 0.647. The monoisotopic (exact) mass is 258 g/mol. The van der Waals surface area contributed by atoms with Crippen LogP contribution in [0, 0.1) is 0 Å². The number of aromatic nitrogens is 1. The van der Waals surface area contributed by atoms with Crippen molar-refractivity contribution in [3.05, 3.63) is 53.2 Å². The van der Waals surface area contributed by atoms with Crippen LogP contribution in [-0.2, 0) is 30.9 Å². The Bertz CT molecular complexity index is 537. The molecule has 0 saturated heterocycles. The Balaban J connectivity index is 1.75. The number of rotatable bonds is 4. The molecule has 0 saturated carbocycles. The van der Waals surface area contributed by atoms with Gasteiger partial charge in [-0.2, -0.15) is 0 Å². The van der Waals surface area contributed by atoms with E-state index in [-0.39, 0.29) is 0 Å². The lowest BCUT2D eigenvalue weighted by Crippen LogP contribution is -2.30. The van der Waals surface area contributed by atoms with Gasteiger partial charge in [-0.3, -0.25) is 9.88 Å². The zero-order valence-electron chi connectivity index (χ0n) is 11.1. The Labute approximate surface area is 113 Å². The van der Waals surface area contributed by atoms with E-state index < -0.39 is 0 Å². The molecular formula is C15H18N2O2. The molecule has 0 aromatic carbocycles. The Hall–Kier alpha value is -1.65. The quantitative estimate of drug-likeness (QED) is 0.844. The zero-order valence-corrected chi connectivity index (χ0v) is 11.1. The molecule has 3 rings (SSSR count). The number of hydrogen-bond donors (Lipinski definition) is 0. The number of ether oxygens (including phenoxy) is 1. The first kappa shape index (κ1) is 12.4. The van der Waals surface area contributed by atoms with Crippen molar-refractivity contribution in [1.29, 1.82) is 0 Å². The third kappa shape index (κ3) is 2.69. The summed E-state index contributed by atoms with van der Waals surface area (Å²) in [6, 6.07) is 3.96. The number of hydrogen-bond acceptors (Lipinski definition) is 4. The highest BCUT2D eigenvalue weighted by atomic mass is 16.5. The number of methoxy groups -OCH3 is 1. The van der Waals surface area contributed by atoms with Crippen molar-refractivity contribution in [2.24, 2.45) is 0 Å². The summed E-state index contributed by atoms with van der Waals surface area (Å²) in [5.41, 5.74) is 3.94. The van der Waals surface area contributed by atoms with Crippen LogP contribution in [0.25, 0.3) is 0 Å². The number of nitrogens with zero attached hydrogens (tertiary/aromatic N) is 2. The van der Waals surface area contributed by atoms with E-state index in [9.17, 15) is 0 Å². The van der Waals surface area contributed by atoms with Gasteiger partial charge in [0.25, 0.3) is 0 Å². The summed E-state index contributed by atoms with van der Waals surface area (Å²) in [4.78, 5) is 6.71. The normalized spacial score (nSPS) is 15.4. The average Bonchev–Trinajstić information content (AvgIpc) is 2.92. The molecule has 1 aliphatic rings. The van der Waals surface area contributed by atoms with Gasteiger partial charge in [0, 0.05) is 32.6 Å². The van der Waals surface area contributed by atoms with Crippen LogP contribution in [-0.4, -0.2) is 23.5 Å². The van der Waals surface area contributed by atoms with Gasteiger partial charge < -0.3 is 9.15 Å². The molecule has 2 aromatic rings. The van der Waals surface area contributed by atoms with Gasteiger partial charge in [-0.25, -0.2) is 0 Å². The van der Waals surface area contributed by atoms with Crippen molar-refractivity contribution in [3.8, 4) is 0 Å². The average molecular weight is 258 g/mol. The second kappa shape index (κ2) is 5.55. The molecular weight excluding hydrogens is 240 g/mol. The molecule has 100 valence electrons. The van der Waals surface area contributed by atoms with Crippen LogP contribution < -0.4 is 0 Å². The molecule has 19 heavy (non-hydrogen) atoms. The van der Waals surface area contributed by atoms with Gasteiger partial charge in [-0.1, -0.05) is 0 Å². The van der Waals surface area contributed by atoms with Gasteiger partial charge in [-0.15, -0.1) is 0 Å². The molecule has 4 nitrogen and oxygen atoms in total. The summed E-state index contributed by atoms with van der Waals surface area (Å²) < 4.78 is 10.6. The summed E-state index contributed by atoms with van der Waals surface area (Å²) in [6.45, 7) is 3.49. The summed E-state index contributed by atoms with van der Waals surface area (Å²) in [5.74, 6) is 1.02. The highest BCUT2D eigenvalue weighted by Crippen LogP contribution is 2.23. The highest BCUT2D eigenvalue weighted by molar-refractivity contribution is 5.33. The van der Waals surface area contributed by atoms with Gasteiger partial charge in [-0.05, 0) is 35.2 Å². The van der Waals surface area contributed by atoms with Crippen molar-refractivity contribution in [2.75, 3.05) is 13.7 Å². The van der Waals surface area contributed by atoms with E-state index in [2.05, 4.69) is 9.88 Å². The topological polar surface area (TPSA) is 38.5 Å². The van der Waals surface area contributed by atoms with Gasteiger partial charge in [0.15, 0.2) is 0 Å². The fourth-order valence-corrected chi connectivity index (χ4v) is 2.66. The van der Waals surface area contributed by atoms with Crippen molar-refractivity contribution < 1.29 is 9.15 Å². The zero-order chi connectivity index (χ0) is 13.1. The van der Waals surface area contributed by atoms with E-state index >= 15 is 0 Å². The van der Waals surface area contributed by atoms with Crippen molar-refractivity contribution >= 4 is 0 Å². The number of pyridine rings is 1. The standard InChI is InChI=1S/C15H18N2O2/c1-18-11-13-8-16-7-12-9-17(5-4-15(12)13)10-14-3-2-6-19-14/h2-3,6-8H,4-5,9-11H2,1H3. The molecule has 0 bridgehead atoms. The summed E-state index contributed by atoms with van der Waals surface area (Å²) in [5, 5.41) is 0. The first-order valence-corrected chi connectivity index (χ1v) is 6.55. The van der Waals surface area contributed by atoms with Gasteiger partial charge >= 0.3 is 0 Å². The fraction of sp³-hybridized carbons (Fsp3) is 0.400. The first-order valence-electron chi connectivity index (χ1n) is 6.55. The maximum absolute atomic E-state index is 5.41. The molecule has 3 heterocycles. The van der Waals surface area contributed by atoms with Crippen LogP contribution in [0.2, 0.25) is 0 Å². The van der Waals surface area contributed by atoms with Crippen LogP contribution in [0.15, 0.2) is 35.2 Å². The maximum atomic E-state index is 5.41. The van der Waals surface area contributed by atoms with E-state index in [0.717, 1.165) is 31.8 Å². The smallest absolute Gasteiger partial charge is 0.117 e. The lowest BCUT2D eigenvalue weighted by molar-refractivity contribution is 0.181. The second-order valence-corrected chi connectivity index (χ2v) is 4.91.